The molecule has 7 heteroatoms. The molecule has 0 saturated heterocycles. The van der Waals surface area contributed by atoms with Crippen LogP contribution in [0.5, 0.6) is 11.5 Å². The number of hydrogen-bond acceptors (Lipinski definition) is 6. The molecule has 0 atom stereocenters. The summed E-state index contributed by atoms with van der Waals surface area (Å²) in [5.41, 5.74) is 0. The largest absolute Gasteiger partial charge is 0.494 e. The molecule has 0 bridgehead atoms. The number of hydrogen-bond donors (Lipinski definition) is 0. The highest BCUT2D eigenvalue weighted by Crippen LogP contribution is 2.31. The van der Waals surface area contributed by atoms with E-state index in [1.807, 2.05) is 0 Å². The number of carbonyl (C=O) groups is 3. The quantitative estimate of drug-likeness (QED) is 0.153. The molecule has 0 N–H and O–H groups in total. The summed E-state index contributed by atoms with van der Waals surface area (Å²) >= 11 is 5.53. The van der Waals surface area contributed by atoms with Gasteiger partial charge in [0.2, 0.25) is 5.24 Å². The van der Waals surface area contributed by atoms with E-state index < -0.39 is 0 Å². The van der Waals surface area contributed by atoms with Crippen molar-refractivity contribution in [1.82, 2.24) is 0 Å². The van der Waals surface area contributed by atoms with Crippen molar-refractivity contribution in [1.29, 1.82) is 0 Å². The molecular formula is C23H29ClO6. The third-order valence-electron chi connectivity index (χ3n) is 5.14. The number of carbonyl (C=O) groups excluding carboxylic acids is 3. The summed E-state index contributed by atoms with van der Waals surface area (Å²) in [5.74, 6) is 0.230. The van der Waals surface area contributed by atoms with Gasteiger partial charge in [0.25, 0.3) is 0 Å². The average Bonchev–Trinajstić information content (AvgIpc) is 2.76. The van der Waals surface area contributed by atoms with Gasteiger partial charge in [-0.05, 0) is 87.2 Å². The van der Waals surface area contributed by atoms with Gasteiger partial charge in [-0.2, -0.15) is 0 Å². The molecule has 30 heavy (non-hydrogen) atoms. The predicted molar refractivity (Wildman–Crippen MR) is 114 cm³/mol. The van der Waals surface area contributed by atoms with E-state index in [0.717, 1.165) is 37.5 Å². The maximum Gasteiger partial charge on any atom is 0.330 e. The van der Waals surface area contributed by atoms with Crippen LogP contribution in [0.3, 0.4) is 0 Å². The van der Waals surface area contributed by atoms with Crippen LogP contribution in [0.25, 0.3) is 0 Å². The highest BCUT2D eigenvalue weighted by atomic mass is 35.5. The normalized spacial score (nSPS) is 18.3. The summed E-state index contributed by atoms with van der Waals surface area (Å²) in [6, 6.07) is 6.99. The predicted octanol–water partition coefficient (Wildman–Crippen LogP) is 4.83. The Morgan fingerprint density at radius 1 is 0.900 bits per heavy atom. The van der Waals surface area contributed by atoms with E-state index in [-0.39, 0.29) is 29.0 Å². The number of ether oxygens (including phenoxy) is 3. The summed E-state index contributed by atoms with van der Waals surface area (Å²) in [6.45, 7) is 4.35. The van der Waals surface area contributed by atoms with Gasteiger partial charge >= 0.3 is 11.9 Å². The van der Waals surface area contributed by atoms with Crippen LogP contribution >= 0.6 is 11.6 Å². The maximum absolute atomic E-state index is 12.3. The zero-order valence-corrected chi connectivity index (χ0v) is 17.9. The molecular weight excluding hydrogens is 408 g/mol. The minimum Gasteiger partial charge on any atom is -0.494 e. The third-order valence-corrected chi connectivity index (χ3v) is 5.45. The Bertz CT molecular complexity index is 707. The van der Waals surface area contributed by atoms with Crippen LogP contribution in [0.1, 0.15) is 51.4 Å². The Morgan fingerprint density at radius 2 is 1.47 bits per heavy atom. The molecule has 2 rings (SSSR count). The van der Waals surface area contributed by atoms with E-state index in [1.165, 1.54) is 0 Å². The summed E-state index contributed by atoms with van der Waals surface area (Å²) in [4.78, 5) is 34.4. The van der Waals surface area contributed by atoms with Gasteiger partial charge in [0.1, 0.15) is 11.5 Å². The highest BCUT2D eigenvalue weighted by molar-refractivity contribution is 6.63. The van der Waals surface area contributed by atoms with Crippen molar-refractivity contribution in [3.8, 4) is 11.5 Å². The lowest BCUT2D eigenvalue weighted by molar-refractivity contribution is -0.141. The van der Waals surface area contributed by atoms with Gasteiger partial charge in [-0.3, -0.25) is 9.59 Å². The molecule has 1 aromatic carbocycles. The van der Waals surface area contributed by atoms with Crippen molar-refractivity contribution in [3.05, 3.63) is 36.9 Å². The Hall–Kier alpha value is -2.34. The van der Waals surface area contributed by atoms with Crippen LogP contribution in [0.4, 0.5) is 0 Å². The van der Waals surface area contributed by atoms with Crippen LogP contribution in [0.15, 0.2) is 36.9 Å². The van der Waals surface area contributed by atoms with E-state index in [9.17, 15) is 14.4 Å². The molecule has 1 aliphatic rings. The summed E-state index contributed by atoms with van der Waals surface area (Å²) < 4.78 is 16.1. The van der Waals surface area contributed by atoms with Crippen LogP contribution in [-0.4, -0.2) is 30.4 Å². The van der Waals surface area contributed by atoms with E-state index in [4.69, 9.17) is 25.8 Å². The van der Waals surface area contributed by atoms with Crippen molar-refractivity contribution >= 4 is 28.8 Å². The zero-order valence-electron chi connectivity index (χ0n) is 17.1. The van der Waals surface area contributed by atoms with Gasteiger partial charge in [-0.25, -0.2) is 4.79 Å². The molecule has 1 aromatic rings. The van der Waals surface area contributed by atoms with Gasteiger partial charge in [0, 0.05) is 12.0 Å². The van der Waals surface area contributed by atoms with Crippen molar-refractivity contribution in [2.75, 3.05) is 13.2 Å². The lowest BCUT2D eigenvalue weighted by Gasteiger charge is -2.24. The first kappa shape index (κ1) is 23.9. The highest BCUT2D eigenvalue weighted by Gasteiger charge is 2.30. The Morgan fingerprint density at radius 3 is 2.07 bits per heavy atom. The van der Waals surface area contributed by atoms with E-state index in [2.05, 4.69) is 6.58 Å². The fraction of sp³-hybridized carbons (Fsp3) is 0.522. The van der Waals surface area contributed by atoms with Gasteiger partial charge < -0.3 is 14.2 Å². The summed E-state index contributed by atoms with van der Waals surface area (Å²) in [5, 5.41) is -0.313. The smallest absolute Gasteiger partial charge is 0.330 e. The molecule has 1 aliphatic carbocycles. The van der Waals surface area contributed by atoms with Crippen molar-refractivity contribution < 1.29 is 28.6 Å². The van der Waals surface area contributed by atoms with E-state index in [1.54, 1.807) is 24.3 Å². The lowest BCUT2D eigenvalue weighted by atomic mass is 9.83. The fourth-order valence-electron chi connectivity index (χ4n) is 3.34. The fourth-order valence-corrected chi connectivity index (χ4v) is 3.56. The molecule has 0 aliphatic heterocycles. The lowest BCUT2D eigenvalue weighted by Crippen LogP contribution is -2.27. The number of unbranched alkanes of at least 4 members (excludes halogenated alkanes) is 3. The van der Waals surface area contributed by atoms with E-state index >= 15 is 0 Å². The van der Waals surface area contributed by atoms with Crippen LogP contribution < -0.4 is 9.47 Å². The molecule has 6 nitrogen and oxygen atoms in total. The van der Waals surface area contributed by atoms with Crippen molar-refractivity contribution in [3.63, 3.8) is 0 Å². The van der Waals surface area contributed by atoms with Crippen LogP contribution in [0, 0.1) is 11.8 Å². The van der Waals surface area contributed by atoms with Gasteiger partial charge in [0.05, 0.1) is 19.1 Å². The van der Waals surface area contributed by atoms with Crippen molar-refractivity contribution in [2.45, 2.75) is 51.4 Å². The summed E-state index contributed by atoms with van der Waals surface area (Å²) in [6.07, 6.45) is 7.35. The zero-order chi connectivity index (χ0) is 21.8. The van der Waals surface area contributed by atoms with Crippen LogP contribution in [0.2, 0.25) is 0 Å². The molecule has 0 amide bonds. The van der Waals surface area contributed by atoms with E-state index in [0.29, 0.717) is 44.6 Å². The van der Waals surface area contributed by atoms with Crippen LogP contribution in [-0.2, 0) is 19.1 Å². The molecule has 1 saturated carbocycles. The number of benzene rings is 1. The standard InChI is InChI=1S/C23H29ClO6/c1-2-21(25)29-16-6-4-3-5-15-28-19-11-13-20(14-12-19)30-23(27)18-9-7-17(8-10-18)22(24)26/h2,11-14,17-18H,1,3-10,15-16H2/t17-,18-. The molecule has 0 spiro atoms. The minimum absolute atomic E-state index is 0.137. The SMILES string of the molecule is C=CC(=O)OCCCCCCOc1ccc(OC(=O)[C@H]2CC[C@H](C(=O)Cl)CC2)cc1. The van der Waals surface area contributed by atoms with Crippen molar-refractivity contribution in [2.24, 2.45) is 11.8 Å². The maximum atomic E-state index is 12.3. The summed E-state index contributed by atoms with van der Waals surface area (Å²) in [7, 11) is 0. The Kier molecular flexibility index (Phi) is 10.4. The first-order valence-corrected chi connectivity index (χ1v) is 10.8. The molecule has 1 fully saturated rings. The Balaban J connectivity index is 1.59. The second-order valence-electron chi connectivity index (χ2n) is 7.38. The minimum atomic E-state index is -0.386. The molecule has 0 aromatic heterocycles. The number of halogens is 1. The second-order valence-corrected chi connectivity index (χ2v) is 7.75. The third kappa shape index (κ3) is 8.57. The Labute approximate surface area is 182 Å². The molecule has 164 valence electrons. The van der Waals surface area contributed by atoms with Gasteiger partial charge in [-0.15, -0.1) is 0 Å². The molecule has 0 unspecified atom stereocenters. The monoisotopic (exact) mass is 436 g/mol. The number of rotatable bonds is 12. The molecule has 0 radical (unpaired) electrons. The van der Waals surface area contributed by atoms with Gasteiger partial charge in [-0.1, -0.05) is 6.58 Å². The second kappa shape index (κ2) is 13.1. The first-order chi connectivity index (χ1) is 14.5. The van der Waals surface area contributed by atoms with Gasteiger partial charge in [0.15, 0.2) is 0 Å². The topological polar surface area (TPSA) is 78.9 Å². The first-order valence-electron chi connectivity index (χ1n) is 10.4. The number of esters is 2. The average molecular weight is 437 g/mol. The molecule has 0 heterocycles.